The zero-order chi connectivity index (χ0) is 16.8. The highest BCUT2D eigenvalue weighted by Crippen LogP contribution is 1.89. The second kappa shape index (κ2) is 13.0. The molecule has 0 amide bonds. The lowest BCUT2D eigenvalue weighted by molar-refractivity contribution is -0.143. The van der Waals surface area contributed by atoms with E-state index >= 15 is 0 Å². The van der Waals surface area contributed by atoms with Crippen LogP contribution in [0.15, 0.2) is 10.3 Å². The maximum atomic E-state index is 10.8. The summed E-state index contributed by atoms with van der Waals surface area (Å²) >= 11 is 0. The molecule has 0 bridgehead atoms. The van der Waals surface area contributed by atoms with Crippen molar-refractivity contribution in [3.63, 3.8) is 0 Å². The van der Waals surface area contributed by atoms with Gasteiger partial charge in [0, 0.05) is 19.8 Å². The van der Waals surface area contributed by atoms with Gasteiger partial charge in [0.2, 0.25) is 0 Å². The molecule has 0 saturated heterocycles. The molecule has 0 spiro atoms. The Bertz CT molecular complexity index is 414. The Morgan fingerprint density at radius 2 is 1.38 bits per heavy atom. The summed E-state index contributed by atoms with van der Waals surface area (Å²) in [6, 6.07) is 0. The van der Waals surface area contributed by atoms with Crippen LogP contribution in [0.1, 0.15) is 60.8 Å². The Kier molecular flexibility index (Phi) is 13.1. The summed E-state index contributed by atoms with van der Waals surface area (Å²) in [6.07, 6.45) is 1.56. The zero-order valence-corrected chi connectivity index (χ0v) is 13.6. The Balaban J connectivity index is 0. The first-order valence-corrected chi connectivity index (χ1v) is 6.76. The molecular weight excluding hydrogens is 276 g/mol. The molecule has 7 heteroatoms. The van der Waals surface area contributed by atoms with Gasteiger partial charge in [0.25, 0.3) is 0 Å². The van der Waals surface area contributed by atoms with Gasteiger partial charge in [-0.15, -0.1) is 0 Å². The molecule has 0 radical (unpaired) electrons. The first-order valence-electron chi connectivity index (χ1n) is 6.76. The summed E-state index contributed by atoms with van der Waals surface area (Å²) < 4.78 is 0. The van der Waals surface area contributed by atoms with Crippen molar-refractivity contribution in [2.24, 2.45) is 10.3 Å². The van der Waals surface area contributed by atoms with Gasteiger partial charge in [-0.3, -0.25) is 4.79 Å². The van der Waals surface area contributed by atoms with Crippen molar-refractivity contribution in [3.8, 4) is 0 Å². The topological polar surface area (TPSA) is 94.4 Å². The lowest BCUT2D eigenvalue weighted by atomic mass is 10.2. The molecule has 120 valence electrons. The van der Waals surface area contributed by atoms with E-state index in [9.17, 15) is 14.4 Å². The Morgan fingerprint density at radius 1 is 0.810 bits per heavy atom. The fourth-order valence-electron chi connectivity index (χ4n) is 0.697. The number of rotatable bonds is 6. The molecule has 0 aromatic rings. The molecule has 0 aromatic carbocycles. The molecule has 0 fully saturated rings. The number of carbonyl (C=O) groups excluding carboxylic acids is 3. The van der Waals surface area contributed by atoms with E-state index < -0.39 is 5.97 Å². The van der Waals surface area contributed by atoms with Crippen molar-refractivity contribution in [3.05, 3.63) is 0 Å². The monoisotopic (exact) mass is 300 g/mol. The van der Waals surface area contributed by atoms with Crippen LogP contribution in [-0.4, -0.2) is 29.1 Å². The van der Waals surface area contributed by atoms with E-state index in [4.69, 9.17) is 0 Å². The van der Waals surface area contributed by atoms with Crippen LogP contribution in [-0.2, 0) is 24.1 Å². The van der Waals surface area contributed by atoms with E-state index in [0.29, 0.717) is 12.8 Å². The summed E-state index contributed by atoms with van der Waals surface area (Å²) in [4.78, 5) is 40.3. The maximum absolute atomic E-state index is 10.8. The van der Waals surface area contributed by atoms with Crippen molar-refractivity contribution in [2.75, 3.05) is 0 Å². The van der Waals surface area contributed by atoms with Crippen LogP contribution in [0, 0.1) is 0 Å². The SMILES string of the molecule is CCC(=O)C(C)=NOC(C)=O.CCC(=O)ON=C(C)CC. The largest absolute Gasteiger partial charge is 0.334 e. The van der Waals surface area contributed by atoms with Gasteiger partial charge in [0.1, 0.15) is 5.71 Å². The molecule has 0 N–H and O–H groups in total. The van der Waals surface area contributed by atoms with Gasteiger partial charge in [0.15, 0.2) is 5.78 Å². The number of nitrogens with zero attached hydrogens (tertiary/aromatic N) is 2. The number of carbonyl (C=O) groups is 3. The molecule has 21 heavy (non-hydrogen) atoms. The van der Waals surface area contributed by atoms with E-state index in [2.05, 4.69) is 20.0 Å². The molecule has 0 atom stereocenters. The van der Waals surface area contributed by atoms with Crippen molar-refractivity contribution in [1.82, 2.24) is 0 Å². The van der Waals surface area contributed by atoms with Gasteiger partial charge in [-0.05, 0) is 20.3 Å². The minimum atomic E-state index is -0.520. The average Bonchev–Trinajstić information content (AvgIpc) is 2.49. The molecule has 0 aliphatic rings. The first kappa shape index (κ1) is 21.3. The second-order valence-electron chi connectivity index (χ2n) is 4.03. The van der Waals surface area contributed by atoms with Crippen molar-refractivity contribution < 1.29 is 24.1 Å². The van der Waals surface area contributed by atoms with Crippen LogP contribution < -0.4 is 0 Å². The molecular formula is C14H24N2O5. The first-order chi connectivity index (χ1) is 9.78. The third kappa shape index (κ3) is 14.2. The van der Waals surface area contributed by atoms with Gasteiger partial charge < -0.3 is 9.68 Å². The summed E-state index contributed by atoms with van der Waals surface area (Å²) in [5.41, 5.74) is 1.06. The summed E-state index contributed by atoms with van der Waals surface area (Å²) in [5.74, 6) is -0.924. The Hall–Kier alpha value is -2.05. The predicted molar refractivity (Wildman–Crippen MR) is 80.0 cm³/mol. The van der Waals surface area contributed by atoms with Gasteiger partial charge in [0.05, 0.1) is 5.71 Å². The van der Waals surface area contributed by atoms with E-state index in [-0.39, 0.29) is 17.5 Å². The molecule has 0 rings (SSSR count). The zero-order valence-electron chi connectivity index (χ0n) is 13.6. The highest BCUT2D eigenvalue weighted by molar-refractivity contribution is 6.38. The van der Waals surface area contributed by atoms with Gasteiger partial charge in [-0.2, -0.15) is 0 Å². The minimum Gasteiger partial charge on any atom is -0.318 e. The number of hydrogen-bond donors (Lipinski definition) is 0. The van der Waals surface area contributed by atoms with Crippen LogP contribution in [0.2, 0.25) is 0 Å². The fourth-order valence-corrected chi connectivity index (χ4v) is 0.697. The fraction of sp³-hybridized carbons (Fsp3) is 0.643. The van der Waals surface area contributed by atoms with Gasteiger partial charge in [-0.25, -0.2) is 9.59 Å². The quantitative estimate of drug-likeness (QED) is 0.427. The Morgan fingerprint density at radius 3 is 1.76 bits per heavy atom. The van der Waals surface area contributed by atoms with Crippen LogP contribution in [0.4, 0.5) is 0 Å². The van der Waals surface area contributed by atoms with Gasteiger partial charge >= 0.3 is 11.9 Å². The second-order valence-corrected chi connectivity index (χ2v) is 4.03. The third-order valence-corrected chi connectivity index (χ3v) is 2.14. The van der Waals surface area contributed by atoms with E-state index in [1.54, 1.807) is 13.8 Å². The molecule has 7 nitrogen and oxygen atoms in total. The molecule has 0 aliphatic carbocycles. The average molecular weight is 300 g/mol. The van der Waals surface area contributed by atoms with Crippen LogP contribution >= 0.6 is 0 Å². The molecule has 0 saturated carbocycles. The van der Waals surface area contributed by atoms with E-state index in [0.717, 1.165) is 12.1 Å². The summed E-state index contributed by atoms with van der Waals surface area (Å²) in [5, 5.41) is 6.89. The summed E-state index contributed by atoms with van der Waals surface area (Å²) in [6.45, 7) is 9.97. The molecule has 0 aliphatic heterocycles. The maximum Gasteiger partial charge on any atom is 0.334 e. The predicted octanol–water partition coefficient (Wildman–Crippen LogP) is 2.63. The minimum absolute atomic E-state index is 0.119. The standard InChI is InChI=1S/C7H11NO3.C7H13NO2/c1-4-7(10)5(2)8-11-6(3)9;1-4-6(3)8-10-7(9)5-2/h4H2,1-3H3;4-5H2,1-3H3. The lowest BCUT2D eigenvalue weighted by Gasteiger charge is -1.94. The van der Waals surface area contributed by atoms with Crippen LogP contribution in [0.25, 0.3) is 0 Å². The van der Waals surface area contributed by atoms with Crippen LogP contribution in [0.3, 0.4) is 0 Å². The number of ketones is 1. The molecule has 0 aromatic heterocycles. The third-order valence-electron chi connectivity index (χ3n) is 2.14. The lowest BCUT2D eigenvalue weighted by Crippen LogP contribution is -2.09. The summed E-state index contributed by atoms with van der Waals surface area (Å²) in [7, 11) is 0. The number of hydrogen-bond acceptors (Lipinski definition) is 7. The van der Waals surface area contributed by atoms with Crippen molar-refractivity contribution >= 4 is 29.1 Å². The molecule has 0 heterocycles. The normalized spacial score (nSPS) is 11.1. The number of oxime groups is 2. The van der Waals surface area contributed by atoms with E-state index in [1.165, 1.54) is 13.8 Å². The van der Waals surface area contributed by atoms with Crippen LogP contribution in [0.5, 0.6) is 0 Å². The molecule has 0 unspecified atom stereocenters. The van der Waals surface area contributed by atoms with Gasteiger partial charge in [-0.1, -0.05) is 31.1 Å². The van der Waals surface area contributed by atoms with Crippen molar-refractivity contribution in [1.29, 1.82) is 0 Å². The Labute approximate surface area is 125 Å². The highest BCUT2D eigenvalue weighted by atomic mass is 16.7. The van der Waals surface area contributed by atoms with Crippen molar-refractivity contribution in [2.45, 2.75) is 60.8 Å². The highest BCUT2D eigenvalue weighted by Gasteiger charge is 2.03. The number of Topliss-reactive ketones (excluding diaryl/α,β-unsaturated/α-hetero) is 1. The smallest absolute Gasteiger partial charge is 0.318 e. The van der Waals surface area contributed by atoms with E-state index in [1.807, 2.05) is 13.8 Å².